The van der Waals surface area contributed by atoms with Gasteiger partial charge in [0.2, 0.25) is 92.9 Å². The van der Waals surface area contributed by atoms with Crippen LogP contribution in [0.4, 0.5) is 0 Å². The molecule has 5 N–H and O–H groups in total. The van der Waals surface area contributed by atoms with Crippen molar-refractivity contribution in [2.24, 2.45) is 0 Å². The van der Waals surface area contributed by atoms with Crippen molar-refractivity contribution in [1.82, 2.24) is 73.9 Å². The van der Waals surface area contributed by atoms with Gasteiger partial charge in [0, 0.05) is 176 Å². The summed E-state index contributed by atoms with van der Waals surface area (Å²) in [4.78, 5) is 154. The summed E-state index contributed by atoms with van der Waals surface area (Å²) in [6, 6.07) is -23.1. The minimum Gasteiger partial charge on any atom is -0.454 e. The summed E-state index contributed by atoms with van der Waals surface area (Å²) in [5, 5.41) is -0.911. The quantitative estimate of drug-likeness (QED) is 0.107. The topological polar surface area (TPSA) is 374 Å². The van der Waals surface area contributed by atoms with Crippen LogP contribution in [0, 0.1) is 0 Å². The van der Waals surface area contributed by atoms with Crippen molar-refractivity contribution in [3.63, 3.8) is 0 Å². The molecule has 15 aliphatic heterocycles. The van der Waals surface area contributed by atoms with Gasteiger partial charge in [-0.2, -0.15) is 0 Å². The van der Waals surface area contributed by atoms with E-state index in [1.54, 1.807) is 48.5 Å². The maximum Gasteiger partial charge on any atom is 0.245 e. The molecule has 0 bridgehead atoms. The van der Waals surface area contributed by atoms with Gasteiger partial charge in [0.15, 0.2) is 57.5 Å². The van der Waals surface area contributed by atoms with Gasteiger partial charge in [0.1, 0.15) is 35.6 Å². The van der Waals surface area contributed by atoms with Crippen molar-refractivity contribution in [1.29, 1.82) is 0 Å². The van der Waals surface area contributed by atoms with Gasteiger partial charge in [-0.15, -0.1) is 0 Å². The van der Waals surface area contributed by atoms with Crippen LogP contribution in [0.2, 0.25) is 0 Å². The average molecular weight is 2000 g/mol. The van der Waals surface area contributed by atoms with Gasteiger partial charge in [-0.05, 0) is 146 Å². The average Bonchev–Trinajstić information content (AvgIpc) is 1.49. The number of nitrogens with zero attached hydrogens (tertiary/aromatic N) is 10. The van der Waals surface area contributed by atoms with Crippen LogP contribution in [0.5, 0.6) is 57.5 Å². The van der Waals surface area contributed by atoms with Crippen molar-refractivity contribution in [3.05, 3.63) is 296 Å². The number of likely N-dealkylation sites (N-methyl/N-ethyl adjacent to an activating group) is 5. The molecule has 5 aromatic heterocycles. The number of piperazine rings is 5. The molecule has 0 saturated carbocycles. The van der Waals surface area contributed by atoms with E-state index in [2.05, 4.69) is 24.9 Å². The molecule has 0 aliphatic carbocycles. The Bertz CT molecular complexity index is 11300. The van der Waals surface area contributed by atoms with Crippen LogP contribution in [0.1, 0.15) is 192 Å². The molecule has 5 fully saturated rings. The van der Waals surface area contributed by atoms with Crippen LogP contribution >= 0.6 is 0 Å². The summed E-state index contributed by atoms with van der Waals surface area (Å²) in [5.74, 6) is -17.0. The summed E-state index contributed by atoms with van der Waals surface area (Å²) in [7, 11) is 2.62. The molecule has 0 unspecified atom stereocenters. The van der Waals surface area contributed by atoms with E-state index in [1.165, 1.54) is 50.5 Å². The molecular formula is C110H95N15O20. The van der Waals surface area contributed by atoms with Gasteiger partial charge < -0.3 is 121 Å². The van der Waals surface area contributed by atoms with E-state index in [9.17, 15) is 57.5 Å². The van der Waals surface area contributed by atoms with Crippen molar-refractivity contribution >= 4 is 114 Å². The van der Waals surface area contributed by atoms with Crippen LogP contribution in [0.25, 0.3) is 54.5 Å². The summed E-state index contributed by atoms with van der Waals surface area (Å²) < 4.78 is 538. The molecule has 20 heterocycles. The lowest BCUT2D eigenvalue weighted by molar-refractivity contribution is -0.157. The number of nitrogens with one attached hydrogen (secondary N) is 5. The van der Waals surface area contributed by atoms with Gasteiger partial charge in [0.05, 0.1) is 109 Å². The maximum absolute atomic E-state index is 14.1. The molecule has 35 heteroatoms. The fraction of sp³-hybridized carbons (Fsp3) is 0.273. The molecule has 30 rings (SSSR count). The van der Waals surface area contributed by atoms with E-state index in [-0.39, 0.29) is 107 Å². The third-order valence-corrected chi connectivity index (χ3v) is 24.8. The van der Waals surface area contributed by atoms with Crippen LogP contribution in [-0.4, -0.2) is 265 Å². The summed E-state index contributed by atoms with van der Waals surface area (Å²) in [6.45, 7) is -29.3. The van der Waals surface area contributed by atoms with Gasteiger partial charge >= 0.3 is 0 Å². The number of benzene rings is 10. The zero-order chi connectivity index (χ0) is 149. The third kappa shape index (κ3) is 14.2. The number of ether oxygens (including phenoxy) is 10. The Balaban J connectivity index is 0.000000119. The van der Waals surface area contributed by atoms with Crippen LogP contribution in [0.15, 0.2) is 212 Å². The highest BCUT2D eigenvalue weighted by atomic mass is 16.7. The van der Waals surface area contributed by atoms with Crippen molar-refractivity contribution in [2.45, 2.75) is 92.1 Å². The van der Waals surface area contributed by atoms with Crippen LogP contribution in [0.3, 0.4) is 0 Å². The zero-order valence-corrected chi connectivity index (χ0v) is 73.5. The Labute approximate surface area is 906 Å². The number of H-pyrrole nitrogens is 5. The molecule has 15 aromatic rings. The SMILES string of the molecule is [2H]C1([2H])c2c([nH]c3ccccc23)[C@@]([2H])(c2ccc3c(c2)OCO3)N2C(=O)CN(C)C(=O)[C@]21[2H].[2H]c1c([2H])c([2H])c2c3c([nH]c2c1[2H])[C@@]([2H])(c1ccc2c(c1)OCO2)N1C(=O)CN(C)C(=O)[C@@]1([2H])C3([2H])[2H].[2H]c1c([2H])c([C@]2([2H])c3[nH]c4c([2H])c([2H])c([2H])c([2H])c4c3C([2H])([2H])[C@@H]3C(=O)N(C([2H])([2H])[2H])C([2H])([2H])C(=O)N32)c([2H])c2c1OC([2H])([2H])O2.[2H]c1c([2H])c([C@]2([2H])c3[nH]c4c([2H])c([2H])c([2H])c([2H])c4c3C([2H])([2H])[C@@H]3C(=O)N(C([2H])([2H])[2H])C([2H])([2H])C(=O)N32)c([2H])c2c1OCO2.[2H]c1c([2H])c([C@]2([2H])c3[nH]c4ccccc4c3C([2H])([2H])[C@@H]3C(=O)N(C([2H])([2H])[2H])C([2H])([2H])C(=O)N32)c([2H])c2c1OC([2H])([2H])O2. The predicted octanol–water partition coefficient (Wildman–Crippen LogP) is 11.1. The highest BCUT2D eigenvalue weighted by molar-refractivity contribution is 6.03. The first-order valence-electron chi connectivity index (χ1n) is 71.6. The third-order valence-electron chi connectivity index (χ3n) is 24.8. The van der Waals surface area contributed by atoms with Gasteiger partial charge in [-0.1, -0.05) is 121 Å². The molecule has 730 valence electrons. The molecule has 10 aromatic carbocycles. The van der Waals surface area contributed by atoms with E-state index in [0.29, 0.717) is 33.1 Å². The van der Waals surface area contributed by atoms with Gasteiger partial charge in [-0.25, -0.2) is 0 Å². The largest absolute Gasteiger partial charge is 0.454 e. The first kappa shape index (κ1) is 46.6. The maximum atomic E-state index is 14.1. The van der Waals surface area contributed by atoms with Gasteiger partial charge in [-0.3, -0.25) is 47.9 Å². The second-order valence-corrected chi connectivity index (χ2v) is 33.1. The number of fused-ring (bicyclic) bond motifs is 25. The first-order valence-corrected chi connectivity index (χ1v) is 43.1. The number of carbonyl (C=O) groups excluding carboxylic acids is 10. The molecule has 15 aliphatic rings. The second-order valence-electron chi connectivity index (χ2n) is 33.1. The number of aromatic nitrogens is 5. The highest BCUT2D eigenvalue weighted by Gasteiger charge is 2.55. The van der Waals surface area contributed by atoms with E-state index in [4.69, 9.17) is 116 Å². The summed E-state index contributed by atoms with van der Waals surface area (Å²) >= 11 is 0. The molecule has 10 amide bonds. The number of amides is 10. The van der Waals surface area contributed by atoms with E-state index >= 15 is 0 Å². The van der Waals surface area contributed by atoms with Crippen molar-refractivity contribution in [3.8, 4) is 57.5 Å². The standard InChI is InChI=1S/5C22H19N3O4/c5*1-24-10-19(26)25-16(22(24)27)9-14-13-4-2-3-5-15(13)23-20(14)21(25)12-6-7-17-18(8-12)29-11-28-17/h5*2-8,16,21,23H,9-11H2,1H3/t5*16-,21-/m11111/s1/i1D3,2D,3D,4D,5D,6D,7D,8D,9D2,10D2,11D2,21D;1D3,2D,3D,4D,5D,6D,7D,8D,9D2,10D2,21D;1D3,6D,7D,8D,9D2,10D2,11D2,21D;2D,3D,4D,5D,9D2,16D,21D;9D2,16D,21D. The molecule has 145 heavy (non-hydrogen) atoms. The van der Waals surface area contributed by atoms with E-state index in [1.807, 2.05) is 0 Å². The van der Waals surface area contributed by atoms with Crippen LogP contribution in [-0.2, 0) is 79.8 Å². The molecule has 35 nitrogen and oxygen atoms in total. The lowest BCUT2D eigenvalue weighted by atomic mass is 9.86. The lowest BCUT2D eigenvalue weighted by Crippen LogP contribution is -2.62. The Kier molecular flexibility index (Phi) is 10.9. The molecule has 5 saturated heterocycles. The number of hydrogen-bond acceptors (Lipinski definition) is 20. The van der Waals surface area contributed by atoms with Crippen LogP contribution < -0.4 is 47.4 Å². The number of hydrogen-bond donors (Lipinski definition) is 5. The molecule has 0 spiro atoms. The normalized spacial score (nSPS) is 35.8. The fourth-order valence-corrected chi connectivity index (χ4v) is 18.4. The Morgan fingerprint density at radius 1 is 0.297 bits per heavy atom. The Morgan fingerprint density at radius 3 is 1.00 bits per heavy atom. The van der Waals surface area contributed by atoms with E-state index < -0.39 is 456 Å². The highest BCUT2D eigenvalue weighted by Crippen LogP contribution is 2.53. The monoisotopic (exact) mass is 2000 g/mol. The number of rotatable bonds is 5. The van der Waals surface area contributed by atoms with E-state index in [0.717, 1.165) is 14.7 Å². The summed E-state index contributed by atoms with van der Waals surface area (Å²) in [6.07, 6.45) is -15.1. The minimum atomic E-state index is -3.80. The zero-order valence-electron chi connectivity index (χ0n) is 130. The fourth-order valence-electron chi connectivity index (χ4n) is 18.4. The number of para-hydroxylation sites is 5. The van der Waals surface area contributed by atoms with Gasteiger partial charge in [0.25, 0.3) is 0 Å². The number of aromatic amines is 5. The predicted molar refractivity (Wildman–Crippen MR) is 523 cm³/mol. The summed E-state index contributed by atoms with van der Waals surface area (Å²) in [5.41, 5.74) is -7.83. The Hall–Kier alpha value is -17.4. The van der Waals surface area contributed by atoms with Crippen molar-refractivity contribution in [2.75, 3.05) is 101 Å². The minimum absolute atomic E-state index is 0.0122. The second kappa shape index (κ2) is 33.9. The lowest BCUT2D eigenvalue weighted by Gasteiger charge is -2.46. The molecule has 0 radical (unpaired) electrons. The first-order chi connectivity index (χ1) is 93.1. The molecular weight excluding hydrogens is 1850 g/mol. The smallest absolute Gasteiger partial charge is 0.245 e. The number of carbonyl (C=O) groups is 10. The molecule has 10 atom stereocenters. The van der Waals surface area contributed by atoms with Crippen molar-refractivity contribution < 1.29 is 173 Å². The Morgan fingerprint density at radius 2 is 0.607 bits per heavy atom.